The first-order chi connectivity index (χ1) is 11.5. The number of thiophene rings is 1. The average Bonchev–Trinajstić information content (AvgIpc) is 3.01. The van der Waals surface area contributed by atoms with Crippen LogP contribution in [-0.2, 0) is 9.59 Å². The van der Waals surface area contributed by atoms with Gasteiger partial charge in [0.2, 0.25) is 11.8 Å². The third-order valence-corrected chi connectivity index (χ3v) is 4.13. The van der Waals surface area contributed by atoms with Gasteiger partial charge in [-0.2, -0.15) is 0 Å². The normalized spacial score (nSPS) is 10.1. The van der Waals surface area contributed by atoms with Crippen LogP contribution in [0.3, 0.4) is 0 Å². The number of amides is 3. The van der Waals surface area contributed by atoms with Gasteiger partial charge in [-0.05, 0) is 43.3 Å². The minimum Gasteiger partial charge on any atom is -0.326 e. The van der Waals surface area contributed by atoms with Crippen molar-refractivity contribution in [2.75, 3.05) is 10.6 Å². The number of benzene rings is 1. The van der Waals surface area contributed by atoms with Crippen LogP contribution in [0.15, 0.2) is 36.4 Å². The zero-order chi connectivity index (χ0) is 17.5. The van der Waals surface area contributed by atoms with Crippen LogP contribution in [0.25, 0.3) is 0 Å². The maximum atomic E-state index is 12.0. The first kappa shape index (κ1) is 17.6. The van der Waals surface area contributed by atoms with Gasteiger partial charge in [0.25, 0.3) is 5.91 Å². The van der Waals surface area contributed by atoms with Crippen molar-refractivity contribution < 1.29 is 14.4 Å². The minimum absolute atomic E-state index is 0.0245. The monoisotopic (exact) mass is 346 g/mol. The van der Waals surface area contributed by atoms with Crippen molar-refractivity contribution in [2.45, 2.75) is 19.8 Å². The Morgan fingerprint density at radius 1 is 0.917 bits per heavy atom. The standard InChI is InChI=1S/C16H18N4O3S/c1-10-2-7-13(24-10)16(23)19-12-5-3-11(4-6-12)18-14(21)8-9-15(22)20-17/h2-7H,8-9,17H2,1H3,(H,18,21)(H,19,23)(H,20,22). The second-order valence-corrected chi connectivity index (χ2v) is 6.35. The highest BCUT2D eigenvalue weighted by Crippen LogP contribution is 2.18. The molecule has 0 aliphatic rings. The van der Waals surface area contributed by atoms with Gasteiger partial charge in [-0.3, -0.25) is 19.8 Å². The van der Waals surface area contributed by atoms with E-state index in [1.54, 1.807) is 30.3 Å². The third kappa shape index (κ3) is 5.18. The van der Waals surface area contributed by atoms with E-state index in [1.807, 2.05) is 18.4 Å². The molecule has 0 spiro atoms. The molecule has 0 bridgehead atoms. The van der Waals surface area contributed by atoms with E-state index in [0.717, 1.165) is 4.88 Å². The Hall–Kier alpha value is -2.71. The SMILES string of the molecule is Cc1ccc(C(=O)Nc2ccc(NC(=O)CCC(=O)NN)cc2)s1. The van der Waals surface area contributed by atoms with Crippen LogP contribution in [0.4, 0.5) is 11.4 Å². The first-order valence-corrected chi connectivity index (χ1v) is 8.06. The predicted molar refractivity (Wildman–Crippen MR) is 93.6 cm³/mol. The summed E-state index contributed by atoms with van der Waals surface area (Å²) in [6.45, 7) is 1.94. The summed E-state index contributed by atoms with van der Waals surface area (Å²) in [6.07, 6.45) is 0.0654. The number of carbonyl (C=O) groups excluding carboxylic acids is 3. The Morgan fingerprint density at radius 3 is 2.04 bits per heavy atom. The molecule has 0 radical (unpaired) electrons. The third-order valence-electron chi connectivity index (χ3n) is 3.13. The topological polar surface area (TPSA) is 113 Å². The molecule has 1 heterocycles. The van der Waals surface area contributed by atoms with Gasteiger partial charge in [0.15, 0.2) is 0 Å². The molecule has 0 fully saturated rings. The Bertz CT molecular complexity index is 740. The van der Waals surface area contributed by atoms with Crippen molar-refractivity contribution in [1.82, 2.24) is 5.43 Å². The van der Waals surface area contributed by atoms with Crippen LogP contribution in [0.2, 0.25) is 0 Å². The second kappa shape index (κ2) is 8.23. The molecule has 0 unspecified atom stereocenters. The van der Waals surface area contributed by atoms with Crippen molar-refractivity contribution >= 4 is 40.4 Å². The maximum Gasteiger partial charge on any atom is 0.265 e. The number of anilines is 2. The smallest absolute Gasteiger partial charge is 0.265 e. The van der Waals surface area contributed by atoms with Crippen molar-refractivity contribution in [1.29, 1.82) is 0 Å². The number of hydrogen-bond acceptors (Lipinski definition) is 5. The van der Waals surface area contributed by atoms with E-state index in [1.165, 1.54) is 11.3 Å². The minimum atomic E-state index is -0.396. The fraction of sp³-hybridized carbons (Fsp3) is 0.188. The molecule has 2 aromatic rings. The van der Waals surface area contributed by atoms with Crippen LogP contribution in [0.1, 0.15) is 27.4 Å². The number of hydrogen-bond donors (Lipinski definition) is 4. The average molecular weight is 346 g/mol. The number of rotatable bonds is 6. The van der Waals surface area contributed by atoms with E-state index >= 15 is 0 Å². The highest BCUT2D eigenvalue weighted by Gasteiger charge is 2.09. The summed E-state index contributed by atoms with van der Waals surface area (Å²) < 4.78 is 0. The summed E-state index contributed by atoms with van der Waals surface area (Å²) in [7, 11) is 0. The van der Waals surface area contributed by atoms with Crippen LogP contribution in [0.5, 0.6) is 0 Å². The summed E-state index contributed by atoms with van der Waals surface area (Å²) in [5.74, 6) is 4.09. The molecule has 7 nitrogen and oxygen atoms in total. The molecule has 0 saturated carbocycles. The lowest BCUT2D eigenvalue weighted by atomic mass is 10.2. The van der Waals surface area contributed by atoms with E-state index < -0.39 is 5.91 Å². The Balaban J connectivity index is 1.87. The van der Waals surface area contributed by atoms with Gasteiger partial charge in [0, 0.05) is 29.1 Å². The fourth-order valence-electron chi connectivity index (χ4n) is 1.91. The van der Waals surface area contributed by atoms with Gasteiger partial charge in [-0.25, -0.2) is 5.84 Å². The van der Waals surface area contributed by atoms with Gasteiger partial charge in [-0.15, -0.1) is 11.3 Å². The molecular formula is C16H18N4O3S. The van der Waals surface area contributed by atoms with Gasteiger partial charge in [-0.1, -0.05) is 0 Å². The fourth-order valence-corrected chi connectivity index (χ4v) is 2.67. The van der Waals surface area contributed by atoms with Gasteiger partial charge in [0.1, 0.15) is 0 Å². The van der Waals surface area contributed by atoms with Crippen molar-refractivity contribution in [3.63, 3.8) is 0 Å². The van der Waals surface area contributed by atoms with E-state index in [4.69, 9.17) is 5.84 Å². The molecule has 126 valence electrons. The van der Waals surface area contributed by atoms with E-state index in [9.17, 15) is 14.4 Å². The molecule has 5 N–H and O–H groups in total. The Labute approximate surface area is 143 Å². The number of nitrogens with two attached hydrogens (primary N) is 1. The van der Waals surface area contributed by atoms with Crippen molar-refractivity contribution in [3.05, 3.63) is 46.2 Å². The number of carbonyl (C=O) groups is 3. The molecule has 3 amide bonds. The molecule has 0 aliphatic heterocycles. The summed E-state index contributed by atoms with van der Waals surface area (Å²) in [6, 6.07) is 10.4. The Morgan fingerprint density at radius 2 is 1.50 bits per heavy atom. The predicted octanol–water partition coefficient (Wildman–Crippen LogP) is 2.02. The molecule has 8 heteroatoms. The quantitative estimate of drug-likeness (QED) is 0.364. The van der Waals surface area contributed by atoms with Crippen LogP contribution >= 0.6 is 11.3 Å². The first-order valence-electron chi connectivity index (χ1n) is 7.25. The van der Waals surface area contributed by atoms with Gasteiger partial charge >= 0.3 is 0 Å². The second-order valence-electron chi connectivity index (χ2n) is 5.06. The molecule has 24 heavy (non-hydrogen) atoms. The molecule has 0 atom stereocenters. The summed E-state index contributed by atoms with van der Waals surface area (Å²) in [4.78, 5) is 36.4. The number of hydrazine groups is 1. The number of nitrogens with one attached hydrogen (secondary N) is 3. The lowest BCUT2D eigenvalue weighted by molar-refractivity contribution is -0.124. The zero-order valence-electron chi connectivity index (χ0n) is 13.1. The number of aryl methyl sites for hydroxylation is 1. The van der Waals surface area contributed by atoms with Crippen LogP contribution < -0.4 is 21.9 Å². The van der Waals surface area contributed by atoms with Crippen LogP contribution in [-0.4, -0.2) is 17.7 Å². The van der Waals surface area contributed by atoms with Gasteiger partial charge in [0.05, 0.1) is 4.88 Å². The molecule has 2 rings (SSSR count). The summed E-state index contributed by atoms with van der Waals surface area (Å²) in [5, 5.41) is 5.46. The van der Waals surface area contributed by atoms with E-state index in [0.29, 0.717) is 16.3 Å². The summed E-state index contributed by atoms with van der Waals surface area (Å²) in [5.41, 5.74) is 3.18. The van der Waals surface area contributed by atoms with Crippen LogP contribution in [0, 0.1) is 6.92 Å². The lowest BCUT2D eigenvalue weighted by Gasteiger charge is -2.07. The highest BCUT2D eigenvalue weighted by molar-refractivity contribution is 7.14. The largest absolute Gasteiger partial charge is 0.326 e. The van der Waals surface area contributed by atoms with E-state index in [-0.39, 0.29) is 24.7 Å². The maximum absolute atomic E-state index is 12.0. The molecule has 1 aromatic heterocycles. The molecule has 0 aliphatic carbocycles. The lowest BCUT2D eigenvalue weighted by Crippen LogP contribution is -2.30. The molecular weight excluding hydrogens is 328 g/mol. The van der Waals surface area contributed by atoms with E-state index in [2.05, 4.69) is 10.6 Å². The molecule has 0 saturated heterocycles. The zero-order valence-corrected chi connectivity index (χ0v) is 13.9. The van der Waals surface area contributed by atoms with Crippen molar-refractivity contribution in [3.8, 4) is 0 Å². The molecule has 1 aromatic carbocycles. The Kier molecular flexibility index (Phi) is 6.05. The van der Waals surface area contributed by atoms with Gasteiger partial charge < -0.3 is 10.6 Å². The highest BCUT2D eigenvalue weighted by atomic mass is 32.1. The summed E-state index contributed by atoms with van der Waals surface area (Å²) >= 11 is 1.43. The van der Waals surface area contributed by atoms with Crippen molar-refractivity contribution in [2.24, 2.45) is 5.84 Å².